The smallest absolute Gasteiger partial charge is 0.228 e. The van der Waals surface area contributed by atoms with Crippen molar-refractivity contribution in [3.8, 4) is 5.75 Å². The van der Waals surface area contributed by atoms with Gasteiger partial charge in [0.05, 0.1) is 7.11 Å². The fraction of sp³-hybridized carbons (Fsp3) is 0.562. The highest BCUT2D eigenvalue weighted by Crippen LogP contribution is 2.30. The molecule has 1 amide bonds. The molecule has 1 aromatic carbocycles. The van der Waals surface area contributed by atoms with Crippen LogP contribution < -0.4 is 15.4 Å². The number of rotatable bonds is 4. The normalized spacial score (nSPS) is 17.6. The molecule has 1 fully saturated rings. The highest BCUT2D eigenvalue weighted by molar-refractivity contribution is 5.93. The molecule has 1 aromatic rings. The number of carbonyl (C=O) groups is 1. The van der Waals surface area contributed by atoms with Gasteiger partial charge in [0.2, 0.25) is 5.91 Å². The number of carbonyl (C=O) groups excluding carboxylic acids is 1. The molecule has 0 aromatic heterocycles. The predicted octanol–water partition coefficient (Wildman–Crippen LogP) is 2.71. The SMILES string of the molecule is COc1cccc(N(C)C(=O)CC2(N)CCCCC2)c1. The van der Waals surface area contributed by atoms with Crippen LogP contribution in [0.2, 0.25) is 0 Å². The summed E-state index contributed by atoms with van der Waals surface area (Å²) in [6.07, 6.45) is 5.81. The van der Waals surface area contributed by atoms with Gasteiger partial charge in [-0.2, -0.15) is 0 Å². The van der Waals surface area contributed by atoms with Crippen LogP contribution in [-0.2, 0) is 4.79 Å². The van der Waals surface area contributed by atoms with Crippen LogP contribution in [0.1, 0.15) is 38.5 Å². The molecular weight excluding hydrogens is 252 g/mol. The minimum absolute atomic E-state index is 0.0719. The number of nitrogens with zero attached hydrogens (tertiary/aromatic N) is 1. The molecule has 20 heavy (non-hydrogen) atoms. The summed E-state index contributed by atoms with van der Waals surface area (Å²) in [5.74, 6) is 0.824. The number of methoxy groups -OCH3 is 1. The molecule has 1 aliphatic carbocycles. The third kappa shape index (κ3) is 3.51. The number of hydrogen-bond acceptors (Lipinski definition) is 3. The van der Waals surface area contributed by atoms with E-state index in [1.807, 2.05) is 24.3 Å². The van der Waals surface area contributed by atoms with Crippen molar-refractivity contribution < 1.29 is 9.53 Å². The van der Waals surface area contributed by atoms with Crippen molar-refractivity contribution in [1.29, 1.82) is 0 Å². The van der Waals surface area contributed by atoms with Crippen molar-refractivity contribution in [2.45, 2.75) is 44.1 Å². The largest absolute Gasteiger partial charge is 0.497 e. The van der Waals surface area contributed by atoms with Gasteiger partial charge >= 0.3 is 0 Å². The second-order valence-electron chi connectivity index (χ2n) is 5.75. The second-order valence-corrected chi connectivity index (χ2v) is 5.75. The van der Waals surface area contributed by atoms with Gasteiger partial charge in [0, 0.05) is 30.8 Å². The molecule has 0 radical (unpaired) electrons. The maximum atomic E-state index is 12.4. The third-order valence-electron chi connectivity index (χ3n) is 4.17. The lowest BCUT2D eigenvalue weighted by molar-refractivity contribution is -0.119. The number of hydrogen-bond donors (Lipinski definition) is 1. The van der Waals surface area contributed by atoms with E-state index in [9.17, 15) is 4.79 Å². The van der Waals surface area contributed by atoms with Gasteiger partial charge in [-0.3, -0.25) is 4.79 Å². The zero-order chi connectivity index (χ0) is 14.6. The van der Waals surface area contributed by atoms with E-state index in [1.165, 1.54) is 6.42 Å². The lowest BCUT2D eigenvalue weighted by atomic mass is 9.80. The standard InChI is InChI=1S/C16H24N2O2/c1-18(13-7-6-8-14(11-13)20-2)15(19)12-16(17)9-4-3-5-10-16/h6-8,11H,3-5,9-10,12,17H2,1-2H3. The van der Waals surface area contributed by atoms with Crippen molar-refractivity contribution in [3.63, 3.8) is 0 Å². The molecule has 1 aliphatic rings. The van der Waals surface area contributed by atoms with Crippen molar-refractivity contribution in [2.24, 2.45) is 5.73 Å². The molecule has 0 saturated heterocycles. The Kier molecular flexibility index (Phi) is 4.65. The van der Waals surface area contributed by atoms with Crippen molar-refractivity contribution >= 4 is 11.6 Å². The fourth-order valence-electron chi connectivity index (χ4n) is 2.82. The van der Waals surface area contributed by atoms with E-state index < -0.39 is 0 Å². The third-order valence-corrected chi connectivity index (χ3v) is 4.17. The Morgan fingerprint density at radius 2 is 2.05 bits per heavy atom. The Morgan fingerprint density at radius 1 is 1.35 bits per heavy atom. The molecule has 0 aliphatic heterocycles. The first-order valence-electron chi connectivity index (χ1n) is 7.24. The highest BCUT2D eigenvalue weighted by atomic mass is 16.5. The lowest BCUT2D eigenvalue weighted by Gasteiger charge is -2.34. The van der Waals surface area contributed by atoms with Crippen LogP contribution in [0.5, 0.6) is 5.75 Å². The van der Waals surface area contributed by atoms with E-state index in [-0.39, 0.29) is 11.4 Å². The average Bonchev–Trinajstić information content (AvgIpc) is 2.46. The summed E-state index contributed by atoms with van der Waals surface area (Å²) >= 11 is 0. The number of benzene rings is 1. The first kappa shape index (κ1) is 14.9. The van der Waals surface area contributed by atoms with Crippen LogP contribution in [0.15, 0.2) is 24.3 Å². The number of ether oxygens (including phenoxy) is 1. The van der Waals surface area contributed by atoms with E-state index in [0.29, 0.717) is 6.42 Å². The zero-order valence-corrected chi connectivity index (χ0v) is 12.4. The van der Waals surface area contributed by atoms with E-state index in [0.717, 1.165) is 37.1 Å². The Hall–Kier alpha value is -1.55. The topological polar surface area (TPSA) is 55.6 Å². The minimum Gasteiger partial charge on any atom is -0.497 e. The van der Waals surface area contributed by atoms with Crippen LogP contribution in [0.4, 0.5) is 5.69 Å². The summed E-state index contributed by atoms with van der Waals surface area (Å²) in [6.45, 7) is 0. The molecule has 2 N–H and O–H groups in total. The zero-order valence-electron chi connectivity index (χ0n) is 12.4. The molecule has 0 heterocycles. The molecule has 0 unspecified atom stereocenters. The Morgan fingerprint density at radius 3 is 2.70 bits per heavy atom. The van der Waals surface area contributed by atoms with E-state index in [2.05, 4.69) is 0 Å². The highest BCUT2D eigenvalue weighted by Gasteiger charge is 2.31. The van der Waals surface area contributed by atoms with E-state index in [1.54, 1.807) is 19.1 Å². The number of nitrogens with two attached hydrogens (primary N) is 1. The summed E-state index contributed by atoms with van der Waals surface area (Å²) < 4.78 is 5.19. The molecule has 0 spiro atoms. The second kappa shape index (κ2) is 6.27. The lowest BCUT2D eigenvalue weighted by Crippen LogP contribution is -2.46. The molecular formula is C16H24N2O2. The Balaban J connectivity index is 2.04. The number of amides is 1. The summed E-state index contributed by atoms with van der Waals surface area (Å²) in [7, 11) is 3.42. The van der Waals surface area contributed by atoms with Gasteiger partial charge in [-0.1, -0.05) is 25.3 Å². The predicted molar refractivity (Wildman–Crippen MR) is 81.0 cm³/mol. The Labute approximate surface area is 120 Å². The fourth-order valence-corrected chi connectivity index (χ4v) is 2.82. The van der Waals surface area contributed by atoms with Crippen molar-refractivity contribution in [3.05, 3.63) is 24.3 Å². The molecule has 0 bridgehead atoms. The van der Waals surface area contributed by atoms with Gasteiger partial charge < -0.3 is 15.4 Å². The quantitative estimate of drug-likeness (QED) is 0.920. The maximum absolute atomic E-state index is 12.4. The van der Waals surface area contributed by atoms with Gasteiger partial charge in [-0.05, 0) is 25.0 Å². The van der Waals surface area contributed by atoms with E-state index >= 15 is 0 Å². The average molecular weight is 276 g/mol. The minimum atomic E-state index is -0.317. The van der Waals surface area contributed by atoms with Gasteiger partial charge in [0.1, 0.15) is 5.75 Å². The van der Waals surface area contributed by atoms with Crippen LogP contribution >= 0.6 is 0 Å². The maximum Gasteiger partial charge on any atom is 0.228 e. The Bertz CT molecular complexity index is 467. The van der Waals surface area contributed by atoms with Crippen LogP contribution in [0, 0.1) is 0 Å². The van der Waals surface area contributed by atoms with Crippen LogP contribution in [0.25, 0.3) is 0 Å². The van der Waals surface area contributed by atoms with Crippen molar-refractivity contribution in [2.75, 3.05) is 19.1 Å². The van der Waals surface area contributed by atoms with Gasteiger partial charge in [0.25, 0.3) is 0 Å². The van der Waals surface area contributed by atoms with Gasteiger partial charge in [-0.25, -0.2) is 0 Å². The monoisotopic (exact) mass is 276 g/mol. The molecule has 4 heteroatoms. The molecule has 110 valence electrons. The first-order chi connectivity index (χ1) is 9.54. The van der Waals surface area contributed by atoms with Crippen LogP contribution in [0.3, 0.4) is 0 Å². The van der Waals surface area contributed by atoms with Crippen LogP contribution in [-0.4, -0.2) is 25.6 Å². The van der Waals surface area contributed by atoms with E-state index in [4.69, 9.17) is 10.5 Å². The van der Waals surface area contributed by atoms with Crippen molar-refractivity contribution in [1.82, 2.24) is 0 Å². The molecule has 2 rings (SSSR count). The van der Waals surface area contributed by atoms with Gasteiger partial charge in [-0.15, -0.1) is 0 Å². The van der Waals surface area contributed by atoms with Gasteiger partial charge in [0.15, 0.2) is 0 Å². The first-order valence-corrected chi connectivity index (χ1v) is 7.24. The summed E-state index contributed by atoms with van der Waals surface area (Å²) in [5.41, 5.74) is 6.88. The number of anilines is 1. The molecule has 1 saturated carbocycles. The summed E-state index contributed by atoms with van der Waals surface area (Å²) in [6, 6.07) is 7.52. The molecule has 4 nitrogen and oxygen atoms in total. The summed E-state index contributed by atoms with van der Waals surface area (Å²) in [4.78, 5) is 14.1. The summed E-state index contributed by atoms with van der Waals surface area (Å²) in [5, 5.41) is 0. The molecule has 0 atom stereocenters.